The molecule has 0 bridgehead atoms. The van der Waals surface area contributed by atoms with Gasteiger partial charge in [-0.1, -0.05) is 23.8 Å². The quantitative estimate of drug-likeness (QED) is 0.712. The third kappa shape index (κ3) is 4.05. The monoisotopic (exact) mass is 220 g/mol. The van der Waals surface area contributed by atoms with Crippen LogP contribution in [-0.2, 0) is 16.0 Å². The molecule has 0 spiro atoms. The van der Waals surface area contributed by atoms with Crippen molar-refractivity contribution in [2.45, 2.75) is 40.0 Å². The molecule has 16 heavy (non-hydrogen) atoms. The summed E-state index contributed by atoms with van der Waals surface area (Å²) in [4.78, 5) is 11.2. The van der Waals surface area contributed by atoms with Crippen LogP contribution in [0.25, 0.3) is 0 Å². The van der Waals surface area contributed by atoms with Gasteiger partial charge in [-0.2, -0.15) is 0 Å². The van der Waals surface area contributed by atoms with E-state index in [1.165, 1.54) is 16.7 Å². The Balaban J connectivity index is 2.42. The maximum atomic E-state index is 11.2. The first kappa shape index (κ1) is 12.8. The maximum absolute atomic E-state index is 11.2. The summed E-state index contributed by atoms with van der Waals surface area (Å²) in [5.74, 6) is -0.0900. The Kier molecular flexibility index (Phi) is 5.03. The van der Waals surface area contributed by atoms with Crippen LogP contribution in [0.2, 0.25) is 0 Å². The number of carbonyl (C=O) groups is 1. The highest BCUT2D eigenvalue weighted by Gasteiger charge is 2.03. The number of rotatable bonds is 5. The van der Waals surface area contributed by atoms with Crippen molar-refractivity contribution in [1.82, 2.24) is 0 Å². The lowest BCUT2D eigenvalue weighted by molar-refractivity contribution is -0.143. The molecule has 0 aromatic heterocycles. The highest BCUT2D eigenvalue weighted by Crippen LogP contribution is 2.13. The Hall–Kier alpha value is -1.31. The van der Waals surface area contributed by atoms with Gasteiger partial charge in [0.2, 0.25) is 0 Å². The third-order valence-corrected chi connectivity index (χ3v) is 2.64. The predicted octanol–water partition coefficient (Wildman–Crippen LogP) is 3.19. The minimum absolute atomic E-state index is 0.0900. The molecular weight excluding hydrogens is 200 g/mol. The fraction of sp³-hybridized carbons (Fsp3) is 0.500. The second-order valence-corrected chi connectivity index (χ2v) is 4.09. The van der Waals surface area contributed by atoms with Crippen molar-refractivity contribution in [3.8, 4) is 0 Å². The number of carbonyl (C=O) groups excluding carboxylic acids is 1. The van der Waals surface area contributed by atoms with Crippen LogP contribution >= 0.6 is 0 Å². The maximum Gasteiger partial charge on any atom is 0.305 e. The Labute approximate surface area is 97.6 Å². The summed E-state index contributed by atoms with van der Waals surface area (Å²) in [6.45, 7) is 6.51. The Morgan fingerprint density at radius 3 is 2.75 bits per heavy atom. The normalized spacial score (nSPS) is 10.2. The van der Waals surface area contributed by atoms with Gasteiger partial charge in [0.25, 0.3) is 0 Å². The van der Waals surface area contributed by atoms with Gasteiger partial charge in [0.05, 0.1) is 6.61 Å². The molecule has 0 aliphatic heterocycles. The van der Waals surface area contributed by atoms with E-state index < -0.39 is 0 Å². The minimum atomic E-state index is -0.0900. The van der Waals surface area contributed by atoms with Crippen molar-refractivity contribution in [3.05, 3.63) is 34.9 Å². The van der Waals surface area contributed by atoms with Crippen LogP contribution in [0.4, 0.5) is 0 Å². The largest absolute Gasteiger partial charge is 0.466 e. The van der Waals surface area contributed by atoms with Crippen LogP contribution in [0.1, 0.15) is 36.5 Å². The van der Waals surface area contributed by atoms with Crippen LogP contribution in [0, 0.1) is 13.8 Å². The van der Waals surface area contributed by atoms with Crippen LogP contribution < -0.4 is 0 Å². The van der Waals surface area contributed by atoms with Gasteiger partial charge < -0.3 is 4.74 Å². The van der Waals surface area contributed by atoms with Crippen molar-refractivity contribution in [1.29, 1.82) is 0 Å². The van der Waals surface area contributed by atoms with E-state index in [0.29, 0.717) is 13.0 Å². The molecule has 0 fully saturated rings. The van der Waals surface area contributed by atoms with Crippen LogP contribution in [0.15, 0.2) is 18.2 Å². The van der Waals surface area contributed by atoms with Crippen LogP contribution in [0.3, 0.4) is 0 Å². The van der Waals surface area contributed by atoms with E-state index in [1.54, 1.807) is 0 Å². The van der Waals surface area contributed by atoms with Crippen molar-refractivity contribution in [2.24, 2.45) is 0 Å². The van der Waals surface area contributed by atoms with Crippen molar-refractivity contribution < 1.29 is 9.53 Å². The van der Waals surface area contributed by atoms with E-state index >= 15 is 0 Å². The minimum Gasteiger partial charge on any atom is -0.466 e. The van der Waals surface area contributed by atoms with E-state index in [4.69, 9.17) is 4.74 Å². The van der Waals surface area contributed by atoms with Gasteiger partial charge in [0.15, 0.2) is 0 Å². The molecule has 1 aromatic carbocycles. The first-order chi connectivity index (χ1) is 7.63. The summed E-state index contributed by atoms with van der Waals surface area (Å²) >= 11 is 0. The first-order valence-corrected chi connectivity index (χ1v) is 5.85. The number of hydrogen-bond donors (Lipinski definition) is 0. The third-order valence-electron chi connectivity index (χ3n) is 2.64. The molecule has 0 heterocycles. The number of benzene rings is 1. The molecule has 0 atom stereocenters. The van der Waals surface area contributed by atoms with Gasteiger partial charge in [-0.15, -0.1) is 0 Å². The SMILES string of the molecule is CCOC(=O)CCCc1cc(C)ccc1C. The zero-order valence-corrected chi connectivity index (χ0v) is 10.4. The lowest BCUT2D eigenvalue weighted by Gasteiger charge is -2.06. The van der Waals surface area contributed by atoms with E-state index in [-0.39, 0.29) is 5.97 Å². The molecular formula is C14H20O2. The van der Waals surface area contributed by atoms with E-state index in [2.05, 4.69) is 32.0 Å². The summed E-state index contributed by atoms with van der Waals surface area (Å²) < 4.78 is 4.89. The van der Waals surface area contributed by atoms with Crippen molar-refractivity contribution >= 4 is 5.97 Å². The standard InChI is InChI=1S/C14H20O2/c1-4-16-14(15)7-5-6-13-10-11(2)8-9-12(13)3/h8-10H,4-7H2,1-3H3. The smallest absolute Gasteiger partial charge is 0.305 e. The molecule has 0 saturated heterocycles. The molecule has 1 rings (SSSR count). The summed E-state index contributed by atoms with van der Waals surface area (Å²) in [6, 6.07) is 6.44. The first-order valence-electron chi connectivity index (χ1n) is 5.85. The van der Waals surface area contributed by atoms with E-state index in [0.717, 1.165) is 12.8 Å². The van der Waals surface area contributed by atoms with Crippen molar-refractivity contribution in [2.75, 3.05) is 6.61 Å². The number of esters is 1. The number of hydrogen-bond acceptors (Lipinski definition) is 2. The molecule has 0 saturated carbocycles. The average molecular weight is 220 g/mol. The Morgan fingerprint density at radius 2 is 2.06 bits per heavy atom. The lowest BCUT2D eigenvalue weighted by atomic mass is 10.0. The van der Waals surface area contributed by atoms with E-state index in [1.807, 2.05) is 6.92 Å². The predicted molar refractivity (Wildman–Crippen MR) is 65.5 cm³/mol. The molecule has 0 amide bonds. The summed E-state index contributed by atoms with van der Waals surface area (Å²) in [5, 5.41) is 0. The highest BCUT2D eigenvalue weighted by molar-refractivity contribution is 5.69. The molecule has 0 aliphatic carbocycles. The number of ether oxygens (including phenoxy) is 1. The van der Waals surface area contributed by atoms with Gasteiger partial charge in [-0.3, -0.25) is 4.79 Å². The van der Waals surface area contributed by atoms with Gasteiger partial charge in [-0.25, -0.2) is 0 Å². The zero-order chi connectivity index (χ0) is 12.0. The van der Waals surface area contributed by atoms with Gasteiger partial charge in [0.1, 0.15) is 0 Å². The molecule has 0 radical (unpaired) electrons. The summed E-state index contributed by atoms with van der Waals surface area (Å²) in [7, 11) is 0. The summed E-state index contributed by atoms with van der Waals surface area (Å²) in [6.07, 6.45) is 2.33. The Morgan fingerprint density at radius 1 is 1.31 bits per heavy atom. The fourth-order valence-corrected chi connectivity index (χ4v) is 1.73. The second-order valence-electron chi connectivity index (χ2n) is 4.09. The highest BCUT2D eigenvalue weighted by atomic mass is 16.5. The van der Waals surface area contributed by atoms with Gasteiger partial charge in [0, 0.05) is 6.42 Å². The van der Waals surface area contributed by atoms with Crippen LogP contribution in [0.5, 0.6) is 0 Å². The Bertz CT molecular complexity index is 356. The molecule has 88 valence electrons. The topological polar surface area (TPSA) is 26.3 Å². The molecule has 0 unspecified atom stereocenters. The molecule has 2 heteroatoms. The molecule has 1 aromatic rings. The zero-order valence-electron chi connectivity index (χ0n) is 10.4. The van der Waals surface area contributed by atoms with Gasteiger partial charge in [-0.05, 0) is 44.7 Å². The molecule has 0 N–H and O–H groups in total. The lowest BCUT2D eigenvalue weighted by Crippen LogP contribution is -2.04. The molecule has 2 nitrogen and oxygen atoms in total. The van der Waals surface area contributed by atoms with E-state index in [9.17, 15) is 4.79 Å². The average Bonchev–Trinajstić information content (AvgIpc) is 2.23. The van der Waals surface area contributed by atoms with Crippen LogP contribution in [-0.4, -0.2) is 12.6 Å². The molecule has 0 aliphatic rings. The summed E-state index contributed by atoms with van der Waals surface area (Å²) in [5.41, 5.74) is 3.91. The van der Waals surface area contributed by atoms with Gasteiger partial charge >= 0.3 is 5.97 Å². The fourth-order valence-electron chi connectivity index (χ4n) is 1.73. The number of aryl methyl sites for hydroxylation is 3. The van der Waals surface area contributed by atoms with Crippen molar-refractivity contribution in [3.63, 3.8) is 0 Å². The second kappa shape index (κ2) is 6.31.